The zero-order chi connectivity index (χ0) is 13.6. The van der Waals surface area contributed by atoms with E-state index in [1.807, 2.05) is 0 Å². The molecule has 0 aromatic rings. The van der Waals surface area contributed by atoms with Gasteiger partial charge in [-0.3, -0.25) is 0 Å². The first-order valence-corrected chi connectivity index (χ1v) is 8.37. The van der Waals surface area contributed by atoms with E-state index in [9.17, 15) is 8.42 Å². The summed E-state index contributed by atoms with van der Waals surface area (Å²) in [4.78, 5) is 0. The first-order valence-electron chi connectivity index (χ1n) is 6.83. The second-order valence-electron chi connectivity index (χ2n) is 4.95. The number of ether oxygens (including phenoxy) is 1. The molecule has 18 heavy (non-hydrogen) atoms. The summed E-state index contributed by atoms with van der Waals surface area (Å²) in [7, 11) is -3.24. The number of hydrogen-bond donors (Lipinski definition) is 2. The van der Waals surface area contributed by atoms with Crippen LogP contribution in [0, 0.1) is 5.92 Å². The van der Waals surface area contributed by atoms with E-state index in [4.69, 9.17) is 10.5 Å². The van der Waals surface area contributed by atoms with Crippen molar-refractivity contribution >= 4 is 10.0 Å². The molecule has 1 unspecified atom stereocenters. The molecule has 0 radical (unpaired) electrons. The Kier molecular flexibility index (Phi) is 6.55. The maximum atomic E-state index is 12.1. The molecule has 0 aromatic carbocycles. The van der Waals surface area contributed by atoms with Gasteiger partial charge < -0.3 is 10.5 Å². The quantitative estimate of drug-likeness (QED) is 0.723. The van der Waals surface area contributed by atoms with Gasteiger partial charge >= 0.3 is 0 Å². The zero-order valence-electron chi connectivity index (χ0n) is 11.4. The Labute approximate surface area is 111 Å². The van der Waals surface area contributed by atoms with Gasteiger partial charge in [0.05, 0.1) is 5.25 Å². The van der Waals surface area contributed by atoms with Gasteiger partial charge in [-0.25, -0.2) is 13.1 Å². The average Bonchev–Trinajstić information content (AvgIpc) is 2.39. The van der Waals surface area contributed by atoms with E-state index in [1.165, 1.54) is 0 Å². The molecule has 1 aliphatic heterocycles. The van der Waals surface area contributed by atoms with Crippen molar-refractivity contribution in [1.82, 2.24) is 4.72 Å². The third-order valence-corrected chi connectivity index (χ3v) is 5.70. The lowest BCUT2D eigenvalue weighted by Crippen LogP contribution is -2.45. The molecular formula is C12H26N2O3S. The fourth-order valence-electron chi connectivity index (χ4n) is 2.38. The SMILES string of the molecule is CCC(CC)C(N)CNS(=O)(=O)C1CCOCC1. The molecule has 1 aliphatic rings. The standard InChI is InChI=1S/C12H26N2O3S/c1-3-10(4-2)12(13)9-14-18(15,16)11-5-7-17-8-6-11/h10-12,14H,3-9,13H2,1-2H3. The van der Waals surface area contributed by atoms with Crippen molar-refractivity contribution in [1.29, 1.82) is 0 Å². The molecule has 0 aliphatic carbocycles. The van der Waals surface area contributed by atoms with Crippen molar-refractivity contribution in [3.05, 3.63) is 0 Å². The third kappa shape index (κ3) is 4.50. The molecule has 0 spiro atoms. The summed E-state index contributed by atoms with van der Waals surface area (Å²) in [5, 5.41) is -0.319. The number of sulfonamides is 1. The first-order chi connectivity index (χ1) is 8.51. The van der Waals surface area contributed by atoms with Crippen molar-refractivity contribution in [2.45, 2.75) is 50.8 Å². The van der Waals surface area contributed by atoms with E-state index in [0.29, 0.717) is 38.5 Å². The van der Waals surface area contributed by atoms with Crippen LogP contribution in [-0.4, -0.2) is 39.5 Å². The minimum absolute atomic E-state index is 0.102. The van der Waals surface area contributed by atoms with E-state index < -0.39 is 10.0 Å². The van der Waals surface area contributed by atoms with Crippen molar-refractivity contribution in [2.24, 2.45) is 11.7 Å². The van der Waals surface area contributed by atoms with E-state index in [1.54, 1.807) is 0 Å². The van der Waals surface area contributed by atoms with Crippen LogP contribution in [0.3, 0.4) is 0 Å². The third-order valence-electron chi connectivity index (χ3n) is 3.78. The molecule has 0 bridgehead atoms. The van der Waals surface area contributed by atoms with E-state index >= 15 is 0 Å². The highest BCUT2D eigenvalue weighted by Crippen LogP contribution is 2.15. The molecule has 1 atom stereocenters. The number of rotatable bonds is 7. The Bertz CT molecular complexity index is 322. The van der Waals surface area contributed by atoms with Crippen LogP contribution >= 0.6 is 0 Å². The summed E-state index contributed by atoms with van der Waals surface area (Å²) < 4.78 is 32.0. The molecule has 5 nitrogen and oxygen atoms in total. The minimum atomic E-state index is -3.24. The van der Waals surface area contributed by atoms with Gasteiger partial charge in [0.15, 0.2) is 0 Å². The lowest BCUT2D eigenvalue weighted by atomic mass is 9.95. The molecule has 1 fully saturated rings. The summed E-state index contributed by atoms with van der Waals surface area (Å²) in [6.45, 7) is 5.57. The Hall–Kier alpha value is -0.170. The maximum absolute atomic E-state index is 12.1. The number of nitrogens with one attached hydrogen (secondary N) is 1. The fourth-order valence-corrected chi connectivity index (χ4v) is 3.85. The van der Waals surface area contributed by atoms with Crippen LogP contribution in [0.25, 0.3) is 0 Å². The van der Waals surface area contributed by atoms with Crippen molar-refractivity contribution < 1.29 is 13.2 Å². The molecule has 108 valence electrons. The molecule has 0 amide bonds. The van der Waals surface area contributed by atoms with Crippen molar-refractivity contribution in [3.8, 4) is 0 Å². The monoisotopic (exact) mass is 278 g/mol. The molecule has 0 aromatic heterocycles. The van der Waals surface area contributed by atoms with Crippen LogP contribution in [0.4, 0.5) is 0 Å². The number of nitrogens with two attached hydrogens (primary N) is 1. The zero-order valence-corrected chi connectivity index (χ0v) is 12.2. The first kappa shape index (κ1) is 15.9. The molecule has 1 saturated heterocycles. The van der Waals surface area contributed by atoms with Crippen LogP contribution < -0.4 is 10.5 Å². The molecule has 3 N–H and O–H groups in total. The van der Waals surface area contributed by atoms with Crippen molar-refractivity contribution in [2.75, 3.05) is 19.8 Å². The lowest BCUT2D eigenvalue weighted by molar-refractivity contribution is 0.0981. The average molecular weight is 278 g/mol. The van der Waals surface area contributed by atoms with E-state index in [-0.39, 0.29) is 11.3 Å². The van der Waals surface area contributed by atoms with Gasteiger partial charge in [0.25, 0.3) is 0 Å². The Balaban J connectivity index is 2.45. The van der Waals surface area contributed by atoms with Gasteiger partial charge in [0.1, 0.15) is 0 Å². The Morgan fingerprint density at radius 3 is 2.33 bits per heavy atom. The summed E-state index contributed by atoms with van der Waals surface area (Å²) in [6, 6.07) is -0.102. The molecule has 1 rings (SSSR count). The second-order valence-corrected chi connectivity index (χ2v) is 6.99. The van der Waals surface area contributed by atoms with Gasteiger partial charge in [-0.2, -0.15) is 0 Å². The summed E-state index contributed by atoms with van der Waals surface area (Å²) in [6.07, 6.45) is 3.12. The maximum Gasteiger partial charge on any atom is 0.214 e. The van der Waals surface area contributed by atoms with Crippen LogP contribution in [-0.2, 0) is 14.8 Å². The predicted molar refractivity (Wildman–Crippen MR) is 72.8 cm³/mol. The van der Waals surface area contributed by atoms with E-state index in [0.717, 1.165) is 12.8 Å². The van der Waals surface area contributed by atoms with Gasteiger partial charge in [0.2, 0.25) is 10.0 Å². The van der Waals surface area contributed by atoms with Crippen molar-refractivity contribution in [3.63, 3.8) is 0 Å². The van der Waals surface area contributed by atoms with Gasteiger partial charge in [-0.05, 0) is 18.8 Å². The molecular weight excluding hydrogens is 252 g/mol. The van der Waals surface area contributed by atoms with Crippen LogP contribution in [0.2, 0.25) is 0 Å². The Morgan fingerprint density at radius 2 is 1.83 bits per heavy atom. The lowest BCUT2D eigenvalue weighted by Gasteiger charge is -2.25. The van der Waals surface area contributed by atoms with Gasteiger partial charge in [-0.15, -0.1) is 0 Å². The predicted octanol–water partition coefficient (Wildman–Crippen LogP) is 0.848. The topological polar surface area (TPSA) is 81.4 Å². The largest absolute Gasteiger partial charge is 0.381 e. The summed E-state index contributed by atoms with van der Waals surface area (Å²) in [5.41, 5.74) is 6.02. The highest BCUT2D eigenvalue weighted by atomic mass is 32.2. The highest BCUT2D eigenvalue weighted by molar-refractivity contribution is 7.90. The highest BCUT2D eigenvalue weighted by Gasteiger charge is 2.28. The normalized spacial score (nSPS) is 20.2. The molecule has 1 heterocycles. The summed E-state index contributed by atoms with van der Waals surface area (Å²) >= 11 is 0. The van der Waals surface area contributed by atoms with Gasteiger partial charge in [-0.1, -0.05) is 26.7 Å². The minimum Gasteiger partial charge on any atom is -0.381 e. The van der Waals surface area contributed by atoms with Crippen LogP contribution in [0.5, 0.6) is 0 Å². The van der Waals surface area contributed by atoms with Gasteiger partial charge in [0, 0.05) is 25.8 Å². The second kappa shape index (κ2) is 7.43. The number of hydrogen-bond acceptors (Lipinski definition) is 4. The van der Waals surface area contributed by atoms with E-state index in [2.05, 4.69) is 18.6 Å². The molecule has 6 heteroatoms. The summed E-state index contributed by atoms with van der Waals surface area (Å²) in [5.74, 6) is 0.377. The van der Waals surface area contributed by atoms with Crippen LogP contribution in [0.1, 0.15) is 39.5 Å². The fraction of sp³-hybridized carbons (Fsp3) is 1.00. The molecule has 0 saturated carbocycles. The Morgan fingerprint density at radius 1 is 1.28 bits per heavy atom. The van der Waals surface area contributed by atoms with Crippen LogP contribution in [0.15, 0.2) is 0 Å². The smallest absolute Gasteiger partial charge is 0.214 e.